The van der Waals surface area contributed by atoms with Crippen LogP contribution in [0.2, 0.25) is 0 Å². The van der Waals surface area contributed by atoms with Crippen LogP contribution in [-0.4, -0.2) is 38.8 Å². The fraction of sp³-hybridized carbons (Fsp3) is 1.00. The van der Waals surface area contributed by atoms with Crippen molar-refractivity contribution in [3.63, 3.8) is 0 Å². The molecule has 0 amide bonds. The van der Waals surface area contributed by atoms with Gasteiger partial charge in [0.05, 0.1) is 27.2 Å². The maximum Gasteiger partial charge on any atom is 0.0782 e. The molecule has 0 heterocycles. The second kappa shape index (κ2) is 37.9. The number of hydrogen-bond acceptors (Lipinski definition) is 1. The zero-order chi connectivity index (χ0) is 30.5. The second-order valence-corrected chi connectivity index (χ2v) is 14.0. The van der Waals surface area contributed by atoms with Crippen LogP contribution in [0.5, 0.6) is 0 Å². The molecule has 0 aromatic carbocycles. The molecule has 41 heavy (non-hydrogen) atoms. The molecule has 0 radical (unpaired) electrons. The molecule has 0 spiro atoms. The first-order valence-corrected chi connectivity index (χ1v) is 19.3. The van der Waals surface area contributed by atoms with E-state index in [1.54, 1.807) is 0 Å². The smallest absolute Gasteiger partial charge is 0.0782 e. The van der Waals surface area contributed by atoms with E-state index in [0.29, 0.717) is 0 Å². The molecular weight excluding hydrogens is 498 g/mol. The van der Waals surface area contributed by atoms with Crippen LogP contribution < -0.4 is 5.11 Å². The predicted octanol–water partition coefficient (Wildman–Crippen LogP) is 12.6. The summed E-state index contributed by atoms with van der Waals surface area (Å²) in [5.74, 6) is 0. The highest BCUT2D eigenvalue weighted by atomic mass is 16.2. The Bertz CT molecular complexity index is 397. The molecule has 0 fully saturated rings. The molecule has 0 N–H and O–H groups in total. The number of nitrogens with zero attached hydrogens (tertiary/aromatic N) is 1. The van der Waals surface area contributed by atoms with E-state index in [1.807, 2.05) is 0 Å². The summed E-state index contributed by atoms with van der Waals surface area (Å²) in [6.07, 6.45) is 46.9. The summed E-state index contributed by atoms with van der Waals surface area (Å²) in [5, 5.41) is 8.25. The molecule has 0 aliphatic carbocycles. The first kappa shape index (κ1) is 43.0. The zero-order valence-corrected chi connectivity index (χ0v) is 29.9. The van der Waals surface area contributed by atoms with Gasteiger partial charge in [0, 0.05) is 0 Å². The number of quaternary nitrogens is 1. The van der Waals surface area contributed by atoms with Gasteiger partial charge in [0.15, 0.2) is 0 Å². The van der Waals surface area contributed by atoms with Gasteiger partial charge in [0.1, 0.15) is 0 Å². The number of hydrogen-bond donors (Lipinski definition) is 0. The Hall–Kier alpha value is -0.0800. The minimum absolute atomic E-state index is 0.750. The van der Waals surface area contributed by atoms with Crippen molar-refractivity contribution in [3.05, 3.63) is 0 Å². The average molecular weight is 582 g/mol. The molecule has 0 bridgehead atoms. The highest BCUT2D eigenvalue weighted by Gasteiger charge is 2.13. The van der Waals surface area contributed by atoms with Gasteiger partial charge in [-0.25, -0.2) is 0 Å². The topological polar surface area (TPSA) is 23.1 Å². The van der Waals surface area contributed by atoms with Crippen molar-refractivity contribution < 1.29 is 9.59 Å². The zero-order valence-electron chi connectivity index (χ0n) is 29.9. The van der Waals surface area contributed by atoms with Gasteiger partial charge in [-0.1, -0.05) is 194 Å². The van der Waals surface area contributed by atoms with Crippen LogP contribution in [-0.2, 0) is 0 Å². The van der Waals surface area contributed by atoms with Gasteiger partial charge in [0.25, 0.3) is 0 Å². The van der Waals surface area contributed by atoms with Gasteiger partial charge in [-0.3, -0.25) is 0 Å². The SMILES string of the molecule is CCCCCCCCCCCCCCCCCC[N+](C)(C)CCCCCCCCCCCCCCCCCC.C[O-]. The fourth-order valence-electron chi connectivity index (χ4n) is 6.29. The lowest BCUT2D eigenvalue weighted by atomic mass is 10.0. The Morgan fingerprint density at radius 3 is 0.585 bits per heavy atom. The number of unbranched alkanes of at least 4 members (excludes halogenated alkanes) is 30. The van der Waals surface area contributed by atoms with Gasteiger partial charge >= 0.3 is 0 Å². The van der Waals surface area contributed by atoms with Crippen molar-refractivity contribution in [1.29, 1.82) is 0 Å². The quantitative estimate of drug-likeness (QED) is 0.0547. The van der Waals surface area contributed by atoms with Crippen molar-refractivity contribution >= 4 is 0 Å². The van der Waals surface area contributed by atoms with Crippen LogP contribution in [0.4, 0.5) is 0 Å². The molecule has 250 valence electrons. The Balaban J connectivity index is 0. The maximum atomic E-state index is 8.25. The van der Waals surface area contributed by atoms with Crippen LogP contribution in [0.3, 0.4) is 0 Å². The van der Waals surface area contributed by atoms with E-state index in [1.165, 1.54) is 223 Å². The van der Waals surface area contributed by atoms with Gasteiger partial charge in [-0.15, -0.1) is 0 Å². The van der Waals surface area contributed by atoms with Crippen LogP contribution in [0.25, 0.3) is 0 Å². The Morgan fingerprint density at radius 2 is 0.415 bits per heavy atom. The summed E-state index contributed by atoms with van der Waals surface area (Å²) in [5.41, 5.74) is 0. The molecule has 0 aliphatic rings. The molecule has 0 aromatic rings. The van der Waals surface area contributed by atoms with E-state index in [2.05, 4.69) is 27.9 Å². The minimum Gasteiger partial charge on any atom is -0.857 e. The van der Waals surface area contributed by atoms with E-state index < -0.39 is 0 Å². The van der Waals surface area contributed by atoms with Crippen molar-refractivity contribution in [2.75, 3.05) is 34.3 Å². The van der Waals surface area contributed by atoms with Crippen molar-refractivity contribution in [1.82, 2.24) is 0 Å². The lowest BCUT2D eigenvalue weighted by molar-refractivity contribution is -0.890. The standard InChI is InChI=1S/C38H80N.CH3O/c1-5-7-9-11-13-15-17-19-21-23-25-27-29-31-33-35-37-39(3,4)38-36-34-32-30-28-26-24-22-20-18-16-14-12-10-8-6-2;1-2/h5-38H2,1-4H3;1H3/q+1;-1. The third kappa shape index (κ3) is 39.9. The van der Waals surface area contributed by atoms with Crippen molar-refractivity contribution in [2.24, 2.45) is 0 Å². The normalized spacial score (nSPS) is 11.6. The molecular formula is C39H83NO. The van der Waals surface area contributed by atoms with Crippen molar-refractivity contribution in [2.45, 2.75) is 219 Å². The Morgan fingerprint density at radius 1 is 0.268 bits per heavy atom. The lowest BCUT2D eigenvalue weighted by Gasteiger charge is -2.30. The monoisotopic (exact) mass is 582 g/mol. The van der Waals surface area contributed by atoms with E-state index in [0.717, 1.165) is 7.11 Å². The summed E-state index contributed by atoms with van der Waals surface area (Å²) >= 11 is 0. The largest absolute Gasteiger partial charge is 0.857 e. The lowest BCUT2D eigenvalue weighted by Crippen LogP contribution is -2.41. The van der Waals surface area contributed by atoms with Gasteiger partial charge in [-0.2, -0.15) is 7.11 Å². The van der Waals surface area contributed by atoms with Crippen LogP contribution in [0, 0.1) is 0 Å². The summed E-state index contributed by atoms with van der Waals surface area (Å²) in [4.78, 5) is 0. The first-order valence-electron chi connectivity index (χ1n) is 19.3. The molecule has 0 unspecified atom stereocenters. The molecule has 0 saturated carbocycles. The van der Waals surface area contributed by atoms with E-state index in [9.17, 15) is 0 Å². The number of rotatable bonds is 34. The summed E-state index contributed by atoms with van der Waals surface area (Å²) in [6, 6.07) is 0. The first-order chi connectivity index (χ1) is 20.1. The minimum atomic E-state index is 0.750. The van der Waals surface area contributed by atoms with E-state index >= 15 is 0 Å². The van der Waals surface area contributed by atoms with Gasteiger partial charge in [-0.05, 0) is 25.7 Å². The third-order valence-corrected chi connectivity index (χ3v) is 9.23. The maximum absolute atomic E-state index is 8.25. The summed E-state index contributed by atoms with van der Waals surface area (Å²) in [6.45, 7) is 7.39. The average Bonchev–Trinajstić information content (AvgIpc) is 2.97. The third-order valence-electron chi connectivity index (χ3n) is 9.23. The molecule has 0 rings (SSSR count). The van der Waals surface area contributed by atoms with Crippen LogP contribution in [0.15, 0.2) is 0 Å². The Kier molecular flexibility index (Phi) is 39.8. The summed E-state index contributed by atoms with van der Waals surface area (Å²) < 4.78 is 1.25. The van der Waals surface area contributed by atoms with Crippen LogP contribution in [0.1, 0.15) is 219 Å². The van der Waals surface area contributed by atoms with E-state index in [4.69, 9.17) is 5.11 Å². The van der Waals surface area contributed by atoms with Gasteiger partial charge < -0.3 is 9.59 Å². The van der Waals surface area contributed by atoms with Gasteiger partial charge in [0.2, 0.25) is 0 Å². The molecule has 0 aromatic heterocycles. The van der Waals surface area contributed by atoms with E-state index in [-0.39, 0.29) is 0 Å². The molecule has 0 saturated heterocycles. The molecule has 0 aliphatic heterocycles. The molecule has 2 nitrogen and oxygen atoms in total. The summed E-state index contributed by atoms with van der Waals surface area (Å²) in [7, 11) is 5.69. The predicted molar refractivity (Wildman–Crippen MR) is 187 cm³/mol. The highest BCUT2D eigenvalue weighted by molar-refractivity contribution is 4.52. The molecule has 2 heteroatoms. The second-order valence-electron chi connectivity index (χ2n) is 14.0. The fourth-order valence-corrected chi connectivity index (χ4v) is 6.29. The highest BCUT2D eigenvalue weighted by Crippen LogP contribution is 2.16. The van der Waals surface area contributed by atoms with Crippen LogP contribution >= 0.6 is 0 Å². The van der Waals surface area contributed by atoms with Crippen molar-refractivity contribution in [3.8, 4) is 0 Å². The molecule has 0 atom stereocenters. The Labute approximate surface area is 262 Å².